The SMILES string of the molecule is Cc1noc(C)c1-c1ccc2cc(C(=O)N(C)C3CCN(C#N)C3)[nH]c2c1. The highest BCUT2D eigenvalue weighted by Crippen LogP contribution is 2.30. The summed E-state index contributed by atoms with van der Waals surface area (Å²) in [5.41, 5.74) is 4.29. The van der Waals surface area contributed by atoms with Gasteiger partial charge in [0.15, 0.2) is 6.19 Å². The molecule has 1 saturated heterocycles. The molecule has 1 aliphatic rings. The fraction of sp³-hybridized carbons (Fsp3) is 0.350. The van der Waals surface area contributed by atoms with E-state index in [2.05, 4.69) is 16.3 Å². The Morgan fingerprint density at radius 1 is 1.41 bits per heavy atom. The second kappa shape index (κ2) is 6.47. The molecule has 3 aromatic rings. The average molecular weight is 363 g/mol. The number of amides is 1. The zero-order chi connectivity index (χ0) is 19.1. The molecule has 7 heteroatoms. The van der Waals surface area contributed by atoms with Crippen LogP contribution in [0.5, 0.6) is 0 Å². The van der Waals surface area contributed by atoms with Crippen molar-refractivity contribution in [2.24, 2.45) is 0 Å². The Morgan fingerprint density at radius 2 is 2.22 bits per heavy atom. The first-order valence-electron chi connectivity index (χ1n) is 8.95. The molecule has 1 aliphatic heterocycles. The number of likely N-dealkylation sites (N-methyl/N-ethyl adjacent to an activating group) is 1. The Labute approximate surface area is 157 Å². The van der Waals surface area contributed by atoms with Crippen LogP contribution in [0.25, 0.3) is 22.0 Å². The summed E-state index contributed by atoms with van der Waals surface area (Å²) >= 11 is 0. The molecule has 1 amide bonds. The van der Waals surface area contributed by atoms with Gasteiger partial charge in [-0.2, -0.15) is 5.26 Å². The second-order valence-electron chi connectivity index (χ2n) is 7.09. The predicted octanol–water partition coefficient (Wildman–Crippen LogP) is 3.07. The van der Waals surface area contributed by atoms with E-state index in [1.807, 2.05) is 38.1 Å². The van der Waals surface area contributed by atoms with Gasteiger partial charge < -0.3 is 19.3 Å². The Bertz CT molecular complexity index is 1040. The predicted molar refractivity (Wildman–Crippen MR) is 101 cm³/mol. The van der Waals surface area contributed by atoms with Crippen LogP contribution in [-0.2, 0) is 0 Å². The standard InChI is InChI=1S/C20H21N5O2/c1-12-19(13(2)27-23-12)15-5-4-14-8-18(22-17(14)9-15)20(26)24(3)16-6-7-25(10-16)11-21/h4-5,8-9,16,22H,6-7,10H2,1-3H3. The lowest BCUT2D eigenvalue weighted by molar-refractivity contribution is 0.0734. The van der Waals surface area contributed by atoms with Crippen LogP contribution in [0.15, 0.2) is 28.8 Å². The van der Waals surface area contributed by atoms with E-state index in [0.717, 1.165) is 39.9 Å². The zero-order valence-electron chi connectivity index (χ0n) is 15.6. The number of aryl methyl sites for hydroxylation is 2. The lowest BCUT2D eigenvalue weighted by Crippen LogP contribution is -2.38. The number of nitrogens with zero attached hydrogens (tertiary/aromatic N) is 4. The minimum Gasteiger partial charge on any atom is -0.361 e. The normalized spacial score (nSPS) is 16.7. The van der Waals surface area contributed by atoms with Crippen molar-refractivity contribution in [3.05, 3.63) is 41.4 Å². The smallest absolute Gasteiger partial charge is 0.270 e. The van der Waals surface area contributed by atoms with Crippen LogP contribution in [-0.4, -0.2) is 52.0 Å². The van der Waals surface area contributed by atoms with Gasteiger partial charge in [0.1, 0.15) is 11.5 Å². The van der Waals surface area contributed by atoms with Crippen molar-refractivity contribution >= 4 is 16.8 Å². The maximum Gasteiger partial charge on any atom is 0.270 e. The fourth-order valence-electron chi connectivity index (χ4n) is 3.80. The number of aromatic amines is 1. The Kier molecular flexibility index (Phi) is 4.11. The second-order valence-corrected chi connectivity index (χ2v) is 7.09. The molecule has 0 bridgehead atoms. The van der Waals surface area contributed by atoms with Crippen LogP contribution in [0.1, 0.15) is 28.4 Å². The minimum atomic E-state index is -0.0603. The number of fused-ring (bicyclic) bond motifs is 1. The number of carbonyl (C=O) groups is 1. The molecule has 0 saturated carbocycles. The van der Waals surface area contributed by atoms with E-state index in [0.29, 0.717) is 18.8 Å². The maximum absolute atomic E-state index is 12.9. The lowest BCUT2D eigenvalue weighted by atomic mass is 10.0. The first kappa shape index (κ1) is 17.2. The van der Waals surface area contributed by atoms with E-state index in [4.69, 9.17) is 9.78 Å². The first-order valence-corrected chi connectivity index (χ1v) is 8.95. The van der Waals surface area contributed by atoms with E-state index in [1.165, 1.54) is 0 Å². The van der Waals surface area contributed by atoms with Crippen molar-refractivity contribution < 1.29 is 9.32 Å². The summed E-state index contributed by atoms with van der Waals surface area (Å²) in [6.07, 6.45) is 2.96. The monoisotopic (exact) mass is 363 g/mol. The molecule has 2 aromatic heterocycles. The molecule has 0 aliphatic carbocycles. The molecule has 1 N–H and O–H groups in total. The van der Waals surface area contributed by atoms with Gasteiger partial charge in [-0.3, -0.25) is 4.79 Å². The molecule has 27 heavy (non-hydrogen) atoms. The summed E-state index contributed by atoms with van der Waals surface area (Å²) in [5.74, 6) is 0.715. The fourth-order valence-corrected chi connectivity index (χ4v) is 3.80. The van der Waals surface area contributed by atoms with Crippen LogP contribution >= 0.6 is 0 Å². The maximum atomic E-state index is 12.9. The molecule has 1 fully saturated rings. The summed E-state index contributed by atoms with van der Waals surface area (Å²) < 4.78 is 5.26. The third-order valence-electron chi connectivity index (χ3n) is 5.35. The molecule has 0 spiro atoms. The summed E-state index contributed by atoms with van der Waals surface area (Å²) in [6, 6.07) is 7.97. The molecule has 1 atom stereocenters. The van der Waals surface area contributed by atoms with Gasteiger partial charge in [0.25, 0.3) is 5.91 Å². The number of aromatic nitrogens is 2. The van der Waals surface area contributed by atoms with Crippen LogP contribution in [0, 0.1) is 25.3 Å². The van der Waals surface area contributed by atoms with Crippen molar-refractivity contribution in [1.82, 2.24) is 19.9 Å². The average Bonchev–Trinajstić information content (AvgIpc) is 3.38. The Hall–Kier alpha value is -3.27. The number of nitrogens with one attached hydrogen (secondary N) is 1. The topological polar surface area (TPSA) is 89.2 Å². The van der Waals surface area contributed by atoms with Crippen LogP contribution in [0.4, 0.5) is 0 Å². The van der Waals surface area contributed by atoms with E-state index in [9.17, 15) is 4.79 Å². The molecule has 3 heterocycles. The molecule has 4 rings (SSSR count). The number of nitriles is 1. The van der Waals surface area contributed by atoms with Crippen molar-refractivity contribution in [3.63, 3.8) is 0 Å². The van der Waals surface area contributed by atoms with Gasteiger partial charge in [-0.15, -0.1) is 0 Å². The molecule has 138 valence electrons. The summed E-state index contributed by atoms with van der Waals surface area (Å²) in [4.78, 5) is 19.6. The molecule has 0 radical (unpaired) electrons. The van der Waals surface area contributed by atoms with E-state index in [1.54, 1.807) is 16.8 Å². The van der Waals surface area contributed by atoms with Gasteiger partial charge in [-0.25, -0.2) is 0 Å². The van der Waals surface area contributed by atoms with E-state index >= 15 is 0 Å². The number of hydrogen-bond donors (Lipinski definition) is 1. The van der Waals surface area contributed by atoms with Crippen LogP contribution < -0.4 is 0 Å². The van der Waals surface area contributed by atoms with Gasteiger partial charge >= 0.3 is 0 Å². The number of likely N-dealkylation sites (tertiary alicyclic amines) is 1. The number of hydrogen-bond acceptors (Lipinski definition) is 5. The van der Waals surface area contributed by atoms with Crippen molar-refractivity contribution in [1.29, 1.82) is 5.26 Å². The number of benzene rings is 1. The third kappa shape index (κ3) is 2.93. The third-order valence-corrected chi connectivity index (χ3v) is 5.35. The van der Waals surface area contributed by atoms with Crippen molar-refractivity contribution in [3.8, 4) is 17.3 Å². The Morgan fingerprint density at radius 3 is 2.89 bits per heavy atom. The van der Waals surface area contributed by atoms with Gasteiger partial charge in [0.05, 0.1) is 11.7 Å². The van der Waals surface area contributed by atoms with Gasteiger partial charge in [0.2, 0.25) is 0 Å². The summed E-state index contributed by atoms with van der Waals surface area (Å²) in [6.45, 7) is 5.10. The van der Waals surface area contributed by atoms with Gasteiger partial charge in [-0.1, -0.05) is 17.3 Å². The largest absolute Gasteiger partial charge is 0.361 e. The van der Waals surface area contributed by atoms with Gasteiger partial charge in [-0.05, 0) is 38.0 Å². The Balaban J connectivity index is 1.62. The molecular weight excluding hydrogens is 342 g/mol. The summed E-state index contributed by atoms with van der Waals surface area (Å²) in [7, 11) is 1.80. The highest BCUT2D eigenvalue weighted by atomic mass is 16.5. The van der Waals surface area contributed by atoms with E-state index in [-0.39, 0.29) is 11.9 Å². The van der Waals surface area contributed by atoms with Crippen LogP contribution in [0.3, 0.4) is 0 Å². The molecule has 1 aromatic carbocycles. The highest BCUT2D eigenvalue weighted by Gasteiger charge is 2.29. The highest BCUT2D eigenvalue weighted by molar-refractivity contribution is 5.99. The van der Waals surface area contributed by atoms with Crippen LogP contribution in [0.2, 0.25) is 0 Å². The van der Waals surface area contributed by atoms with Crippen molar-refractivity contribution in [2.75, 3.05) is 20.1 Å². The zero-order valence-corrected chi connectivity index (χ0v) is 15.6. The number of rotatable bonds is 3. The molecule has 7 nitrogen and oxygen atoms in total. The minimum absolute atomic E-state index is 0.0569. The molecule has 1 unspecified atom stereocenters. The lowest BCUT2D eigenvalue weighted by Gasteiger charge is -2.23. The first-order chi connectivity index (χ1) is 13.0. The molecular formula is C20H21N5O2. The van der Waals surface area contributed by atoms with Crippen molar-refractivity contribution in [2.45, 2.75) is 26.3 Å². The van der Waals surface area contributed by atoms with Gasteiger partial charge in [0, 0.05) is 36.6 Å². The van der Waals surface area contributed by atoms with E-state index < -0.39 is 0 Å². The summed E-state index contributed by atoms with van der Waals surface area (Å²) in [5, 5.41) is 14.0. The quantitative estimate of drug-likeness (QED) is 0.723. The number of carbonyl (C=O) groups excluding carboxylic acids is 1. The number of H-pyrrole nitrogens is 1.